The van der Waals surface area contributed by atoms with Gasteiger partial charge in [0.1, 0.15) is 5.82 Å². The molecule has 9 heteroatoms. The van der Waals surface area contributed by atoms with Gasteiger partial charge in [0.15, 0.2) is 11.2 Å². The van der Waals surface area contributed by atoms with Gasteiger partial charge in [0.2, 0.25) is 0 Å². The summed E-state index contributed by atoms with van der Waals surface area (Å²) in [4.78, 5) is 29.1. The lowest BCUT2D eigenvalue weighted by Gasteiger charge is -2.09. The normalized spacial score (nSPS) is 11.4. The van der Waals surface area contributed by atoms with Crippen molar-refractivity contribution in [1.82, 2.24) is 18.7 Å². The molecule has 0 N–H and O–H groups in total. The van der Waals surface area contributed by atoms with Crippen molar-refractivity contribution in [2.24, 2.45) is 14.1 Å². The number of fused-ring (bicyclic) bond motifs is 1. The molecule has 0 unspecified atom stereocenters. The van der Waals surface area contributed by atoms with Crippen LogP contribution in [0.15, 0.2) is 38.6 Å². The summed E-state index contributed by atoms with van der Waals surface area (Å²) >= 11 is 4.81. The number of rotatable bonds is 6. The van der Waals surface area contributed by atoms with Crippen molar-refractivity contribution in [3.63, 3.8) is 0 Å². The Balaban J connectivity index is 1.66. The van der Waals surface area contributed by atoms with E-state index in [1.54, 1.807) is 36.5 Å². The highest BCUT2D eigenvalue weighted by atomic mass is 79.9. The Bertz CT molecular complexity index is 1070. The third kappa shape index (κ3) is 3.64. The average molecular weight is 441 g/mol. The number of aromatic nitrogens is 4. The molecule has 0 saturated carbocycles. The molecule has 0 bridgehead atoms. The van der Waals surface area contributed by atoms with Crippen molar-refractivity contribution in [2.75, 3.05) is 5.75 Å². The van der Waals surface area contributed by atoms with Gasteiger partial charge >= 0.3 is 5.69 Å². The summed E-state index contributed by atoms with van der Waals surface area (Å²) in [6.07, 6.45) is 2.17. The van der Waals surface area contributed by atoms with Crippen molar-refractivity contribution in [3.8, 4) is 0 Å². The van der Waals surface area contributed by atoms with Crippen LogP contribution in [0.4, 0.5) is 4.39 Å². The molecule has 0 aliphatic carbocycles. The number of thioether (sulfide) groups is 1. The zero-order valence-corrected chi connectivity index (χ0v) is 16.8. The summed E-state index contributed by atoms with van der Waals surface area (Å²) in [5, 5.41) is 0. The van der Waals surface area contributed by atoms with Crippen LogP contribution in [-0.2, 0) is 26.4 Å². The number of hydrogen-bond acceptors (Lipinski definition) is 4. The van der Waals surface area contributed by atoms with E-state index in [0.29, 0.717) is 45.7 Å². The first-order valence-corrected chi connectivity index (χ1v) is 9.97. The predicted octanol–water partition coefficient (Wildman–Crippen LogP) is 2.66. The Hall–Kier alpha value is -1.87. The largest absolute Gasteiger partial charge is 0.332 e. The summed E-state index contributed by atoms with van der Waals surface area (Å²) < 4.78 is 18.8. The van der Waals surface area contributed by atoms with Gasteiger partial charge in [-0.15, -0.1) is 0 Å². The maximum absolute atomic E-state index is 13.8. The van der Waals surface area contributed by atoms with Gasteiger partial charge in [-0.2, -0.15) is 11.8 Å². The lowest BCUT2D eigenvalue weighted by atomic mass is 10.2. The SMILES string of the molecule is Cn1cnc2c1c(=O)n(CCCSCc1ccc(Br)cc1F)c(=O)n2C. The first-order chi connectivity index (χ1) is 12.4. The molecule has 1 aromatic carbocycles. The van der Waals surface area contributed by atoms with E-state index in [4.69, 9.17) is 0 Å². The number of benzene rings is 1. The Morgan fingerprint density at radius 3 is 2.77 bits per heavy atom. The summed E-state index contributed by atoms with van der Waals surface area (Å²) in [5.41, 5.74) is 0.746. The highest BCUT2D eigenvalue weighted by Crippen LogP contribution is 2.20. The molecular weight excluding hydrogens is 423 g/mol. The van der Waals surface area contributed by atoms with Crippen molar-refractivity contribution < 1.29 is 4.39 Å². The lowest BCUT2D eigenvalue weighted by molar-refractivity contribution is 0.594. The van der Waals surface area contributed by atoms with Gasteiger partial charge in [-0.25, -0.2) is 14.2 Å². The predicted molar refractivity (Wildman–Crippen MR) is 105 cm³/mol. The number of hydrogen-bond donors (Lipinski definition) is 0. The van der Waals surface area contributed by atoms with E-state index in [0.717, 1.165) is 0 Å². The van der Waals surface area contributed by atoms with E-state index in [9.17, 15) is 14.0 Å². The molecule has 0 aliphatic rings. The van der Waals surface area contributed by atoms with E-state index in [1.165, 1.54) is 21.5 Å². The van der Waals surface area contributed by atoms with Crippen LogP contribution < -0.4 is 11.2 Å². The standard InChI is InChI=1S/C17H18BrFN4O2S/c1-21-10-20-15-14(21)16(24)23(17(25)22(15)2)6-3-7-26-9-11-4-5-12(18)8-13(11)19/h4-5,8,10H,3,6-7,9H2,1-2H3. The van der Waals surface area contributed by atoms with Crippen molar-refractivity contribution >= 4 is 38.9 Å². The molecule has 0 spiro atoms. The highest BCUT2D eigenvalue weighted by molar-refractivity contribution is 9.10. The zero-order chi connectivity index (χ0) is 18.8. The molecule has 0 aliphatic heterocycles. The molecule has 0 fully saturated rings. The van der Waals surface area contributed by atoms with Crippen LogP contribution in [0, 0.1) is 5.82 Å². The first kappa shape index (κ1) is 18.9. The average Bonchev–Trinajstić information content (AvgIpc) is 2.99. The minimum Gasteiger partial charge on any atom is -0.328 e. The monoisotopic (exact) mass is 440 g/mol. The number of imidazole rings is 1. The van der Waals surface area contributed by atoms with E-state index >= 15 is 0 Å². The quantitative estimate of drug-likeness (QED) is 0.552. The van der Waals surface area contributed by atoms with E-state index in [2.05, 4.69) is 20.9 Å². The molecule has 3 rings (SSSR count). The van der Waals surface area contributed by atoms with Gasteiger partial charge in [-0.05, 0) is 29.9 Å². The van der Waals surface area contributed by atoms with Gasteiger partial charge in [-0.3, -0.25) is 13.9 Å². The molecule has 6 nitrogen and oxygen atoms in total. The molecule has 138 valence electrons. The maximum Gasteiger partial charge on any atom is 0.332 e. The van der Waals surface area contributed by atoms with Crippen LogP contribution in [-0.4, -0.2) is 24.4 Å². The highest BCUT2D eigenvalue weighted by Gasteiger charge is 2.14. The van der Waals surface area contributed by atoms with Crippen LogP contribution in [0.3, 0.4) is 0 Å². The van der Waals surface area contributed by atoms with Crippen LogP contribution in [0.25, 0.3) is 11.2 Å². The minimum absolute atomic E-state index is 0.237. The molecule has 0 radical (unpaired) electrons. The number of nitrogens with zero attached hydrogens (tertiary/aromatic N) is 4. The number of aryl methyl sites for hydroxylation is 2. The molecule has 0 saturated heterocycles. The second-order valence-electron chi connectivity index (χ2n) is 5.97. The molecule has 0 atom stereocenters. The van der Waals surface area contributed by atoms with Gasteiger partial charge < -0.3 is 4.57 Å². The first-order valence-electron chi connectivity index (χ1n) is 8.02. The third-order valence-electron chi connectivity index (χ3n) is 4.14. The second-order valence-corrected chi connectivity index (χ2v) is 7.99. The van der Waals surface area contributed by atoms with Crippen molar-refractivity contribution in [2.45, 2.75) is 18.7 Å². The molecule has 2 aromatic heterocycles. The summed E-state index contributed by atoms with van der Waals surface area (Å²) in [7, 11) is 3.34. The molecule has 26 heavy (non-hydrogen) atoms. The molecule has 2 heterocycles. The van der Waals surface area contributed by atoms with Gasteiger partial charge in [0, 0.05) is 30.9 Å². The molecular formula is C17H18BrFN4O2S. The Morgan fingerprint density at radius 1 is 1.27 bits per heavy atom. The second kappa shape index (κ2) is 7.79. The van der Waals surface area contributed by atoms with Gasteiger partial charge in [0.05, 0.1) is 6.33 Å². The number of halogens is 2. The Kier molecular flexibility index (Phi) is 5.67. The van der Waals surface area contributed by atoms with Crippen LogP contribution >= 0.6 is 27.7 Å². The summed E-state index contributed by atoms with van der Waals surface area (Å²) in [5.74, 6) is 1.03. The summed E-state index contributed by atoms with van der Waals surface area (Å²) in [6.45, 7) is 0.322. The molecule has 0 amide bonds. The smallest absolute Gasteiger partial charge is 0.328 e. The van der Waals surface area contributed by atoms with Crippen molar-refractivity contribution in [1.29, 1.82) is 0 Å². The fourth-order valence-electron chi connectivity index (χ4n) is 2.74. The van der Waals surface area contributed by atoms with E-state index in [1.807, 2.05) is 6.07 Å². The van der Waals surface area contributed by atoms with Gasteiger partial charge in [0.25, 0.3) is 5.56 Å². The van der Waals surface area contributed by atoms with E-state index < -0.39 is 0 Å². The van der Waals surface area contributed by atoms with Crippen LogP contribution in [0.1, 0.15) is 12.0 Å². The summed E-state index contributed by atoms with van der Waals surface area (Å²) in [6, 6.07) is 5.01. The van der Waals surface area contributed by atoms with Crippen LogP contribution in [0.2, 0.25) is 0 Å². The lowest BCUT2D eigenvalue weighted by Crippen LogP contribution is -2.39. The van der Waals surface area contributed by atoms with E-state index in [-0.39, 0.29) is 17.1 Å². The Labute approximate surface area is 161 Å². The van der Waals surface area contributed by atoms with Crippen molar-refractivity contribution in [3.05, 3.63) is 61.2 Å². The maximum atomic E-state index is 13.8. The van der Waals surface area contributed by atoms with Crippen LogP contribution in [0.5, 0.6) is 0 Å². The Morgan fingerprint density at radius 2 is 2.04 bits per heavy atom. The van der Waals surface area contributed by atoms with Gasteiger partial charge in [-0.1, -0.05) is 22.0 Å². The topological polar surface area (TPSA) is 61.8 Å². The molecule has 3 aromatic rings. The zero-order valence-electron chi connectivity index (χ0n) is 14.4. The fraction of sp³-hybridized carbons (Fsp3) is 0.353. The third-order valence-corrected chi connectivity index (χ3v) is 5.73. The fourth-order valence-corrected chi connectivity index (χ4v) is 4.00. The minimum atomic E-state index is -0.370.